The maximum absolute atomic E-state index is 10.3. The summed E-state index contributed by atoms with van der Waals surface area (Å²) in [6.07, 6.45) is 4.34. The van der Waals surface area contributed by atoms with E-state index in [4.69, 9.17) is 5.73 Å². The van der Waals surface area contributed by atoms with Gasteiger partial charge in [0, 0.05) is 26.2 Å². The number of primary amides is 1. The average molecular weight is 168 g/mol. The zero-order valence-electron chi connectivity index (χ0n) is 6.95. The smallest absolute Gasteiger partial charge is 0.312 e. The molecule has 0 aliphatic heterocycles. The van der Waals surface area contributed by atoms with Crippen molar-refractivity contribution in [3.05, 3.63) is 18.2 Å². The Kier molecular flexibility index (Phi) is 2.68. The van der Waals surface area contributed by atoms with Crippen LogP contribution in [-0.2, 0) is 13.5 Å². The van der Waals surface area contributed by atoms with Gasteiger partial charge in [0.2, 0.25) is 0 Å². The van der Waals surface area contributed by atoms with Crippen LogP contribution >= 0.6 is 0 Å². The fourth-order valence-corrected chi connectivity index (χ4v) is 0.910. The molecule has 66 valence electrons. The number of aromatic nitrogens is 2. The Bertz CT molecular complexity index is 268. The molecule has 0 spiro atoms. The molecule has 0 radical (unpaired) electrons. The molecular weight excluding hydrogens is 156 g/mol. The molecule has 0 fully saturated rings. The molecule has 5 nitrogen and oxygen atoms in total. The van der Waals surface area contributed by atoms with Crippen molar-refractivity contribution in [1.82, 2.24) is 14.9 Å². The molecule has 2 amide bonds. The van der Waals surface area contributed by atoms with Crippen LogP contribution in [0, 0.1) is 0 Å². The summed E-state index contributed by atoms with van der Waals surface area (Å²) in [4.78, 5) is 14.4. The summed E-state index contributed by atoms with van der Waals surface area (Å²) in [6, 6.07) is -0.495. The largest absolute Gasteiger partial charge is 0.352 e. The molecule has 0 aromatic carbocycles. The van der Waals surface area contributed by atoms with Gasteiger partial charge in [0.25, 0.3) is 0 Å². The van der Waals surface area contributed by atoms with Gasteiger partial charge < -0.3 is 15.6 Å². The Hall–Kier alpha value is -1.52. The topological polar surface area (TPSA) is 72.9 Å². The van der Waals surface area contributed by atoms with E-state index in [1.165, 1.54) is 0 Å². The van der Waals surface area contributed by atoms with E-state index in [-0.39, 0.29) is 0 Å². The number of amides is 2. The number of aryl methyl sites for hydroxylation is 1. The van der Waals surface area contributed by atoms with Crippen LogP contribution in [0.5, 0.6) is 0 Å². The number of carbonyl (C=O) groups excluding carboxylic acids is 1. The predicted octanol–water partition coefficient (Wildman–Crippen LogP) is -0.369. The number of imidazole rings is 1. The zero-order chi connectivity index (χ0) is 8.97. The van der Waals surface area contributed by atoms with Gasteiger partial charge in [-0.15, -0.1) is 0 Å². The fourth-order valence-electron chi connectivity index (χ4n) is 0.910. The van der Waals surface area contributed by atoms with Crippen LogP contribution in [0.15, 0.2) is 12.5 Å². The first-order chi connectivity index (χ1) is 5.68. The minimum absolute atomic E-state index is 0.495. The average Bonchev–Trinajstić information content (AvgIpc) is 2.35. The van der Waals surface area contributed by atoms with Crippen LogP contribution in [-0.4, -0.2) is 22.1 Å². The second-order valence-corrected chi connectivity index (χ2v) is 2.57. The summed E-state index contributed by atoms with van der Waals surface area (Å²) in [7, 11) is 1.90. The predicted molar refractivity (Wildman–Crippen MR) is 44.5 cm³/mol. The quantitative estimate of drug-likeness (QED) is 0.646. The first-order valence-electron chi connectivity index (χ1n) is 3.68. The summed E-state index contributed by atoms with van der Waals surface area (Å²) in [6.45, 7) is 0.534. The normalized spacial score (nSPS) is 9.75. The van der Waals surface area contributed by atoms with E-state index in [1.54, 1.807) is 6.33 Å². The molecule has 0 saturated heterocycles. The Morgan fingerprint density at radius 1 is 1.83 bits per heavy atom. The van der Waals surface area contributed by atoms with Gasteiger partial charge in [0.15, 0.2) is 0 Å². The summed E-state index contributed by atoms with van der Waals surface area (Å²) >= 11 is 0. The van der Waals surface area contributed by atoms with Gasteiger partial charge in [-0.05, 0) is 0 Å². The molecule has 3 N–H and O–H groups in total. The third-order valence-corrected chi connectivity index (χ3v) is 1.44. The van der Waals surface area contributed by atoms with Crippen LogP contribution in [0.4, 0.5) is 4.79 Å². The Balaban J connectivity index is 2.29. The highest BCUT2D eigenvalue weighted by Crippen LogP contribution is 1.93. The number of nitrogens with one attached hydrogen (secondary N) is 1. The van der Waals surface area contributed by atoms with Crippen molar-refractivity contribution in [2.24, 2.45) is 12.8 Å². The molecule has 0 saturated carbocycles. The van der Waals surface area contributed by atoms with Crippen LogP contribution in [0.2, 0.25) is 0 Å². The van der Waals surface area contributed by atoms with Crippen molar-refractivity contribution in [1.29, 1.82) is 0 Å². The van der Waals surface area contributed by atoms with Crippen LogP contribution < -0.4 is 11.1 Å². The minimum atomic E-state index is -0.495. The van der Waals surface area contributed by atoms with E-state index >= 15 is 0 Å². The highest BCUT2D eigenvalue weighted by atomic mass is 16.2. The monoisotopic (exact) mass is 168 g/mol. The molecule has 0 unspecified atom stereocenters. The first kappa shape index (κ1) is 8.58. The van der Waals surface area contributed by atoms with Crippen molar-refractivity contribution in [3.8, 4) is 0 Å². The molecule has 1 heterocycles. The second-order valence-electron chi connectivity index (χ2n) is 2.57. The Morgan fingerprint density at radius 2 is 2.58 bits per heavy atom. The van der Waals surface area contributed by atoms with Gasteiger partial charge in [0.05, 0.1) is 12.0 Å². The number of hydrogen-bond acceptors (Lipinski definition) is 2. The molecule has 0 bridgehead atoms. The van der Waals surface area contributed by atoms with Gasteiger partial charge in [0.1, 0.15) is 0 Å². The summed E-state index contributed by atoms with van der Waals surface area (Å²) < 4.78 is 1.86. The zero-order valence-corrected chi connectivity index (χ0v) is 6.95. The van der Waals surface area contributed by atoms with Crippen LogP contribution in [0.1, 0.15) is 5.69 Å². The Labute approximate surface area is 70.6 Å². The van der Waals surface area contributed by atoms with E-state index < -0.39 is 6.03 Å². The third kappa shape index (κ3) is 2.61. The molecule has 1 rings (SSSR count). The summed E-state index contributed by atoms with van der Waals surface area (Å²) in [5, 5.41) is 2.49. The lowest BCUT2D eigenvalue weighted by Crippen LogP contribution is -2.30. The van der Waals surface area contributed by atoms with E-state index in [1.807, 2.05) is 17.8 Å². The van der Waals surface area contributed by atoms with E-state index in [2.05, 4.69) is 10.3 Å². The van der Waals surface area contributed by atoms with Gasteiger partial charge >= 0.3 is 6.03 Å². The maximum atomic E-state index is 10.3. The fraction of sp³-hybridized carbons (Fsp3) is 0.429. The minimum Gasteiger partial charge on any atom is -0.352 e. The maximum Gasteiger partial charge on any atom is 0.312 e. The molecule has 1 aromatic rings. The lowest BCUT2D eigenvalue weighted by Gasteiger charge is -1.97. The van der Waals surface area contributed by atoms with Crippen molar-refractivity contribution >= 4 is 6.03 Å². The SMILES string of the molecule is Cn1cnc(CCNC(N)=O)c1. The summed E-state index contributed by atoms with van der Waals surface area (Å²) in [5.74, 6) is 0. The lowest BCUT2D eigenvalue weighted by atomic mass is 10.3. The number of nitrogens with two attached hydrogens (primary N) is 1. The van der Waals surface area contributed by atoms with Gasteiger partial charge in [-0.1, -0.05) is 0 Å². The second kappa shape index (κ2) is 3.75. The highest BCUT2D eigenvalue weighted by molar-refractivity contribution is 5.71. The van der Waals surface area contributed by atoms with Crippen molar-refractivity contribution < 1.29 is 4.79 Å². The highest BCUT2D eigenvalue weighted by Gasteiger charge is 1.96. The molecule has 0 aliphatic carbocycles. The number of urea groups is 1. The van der Waals surface area contributed by atoms with E-state index in [0.717, 1.165) is 5.69 Å². The molecule has 5 heteroatoms. The van der Waals surface area contributed by atoms with E-state index in [0.29, 0.717) is 13.0 Å². The van der Waals surface area contributed by atoms with E-state index in [9.17, 15) is 4.79 Å². The molecular formula is C7H12N4O. The molecule has 1 aromatic heterocycles. The Morgan fingerprint density at radius 3 is 3.08 bits per heavy atom. The lowest BCUT2D eigenvalue weighted by molar-refractivity contribution is 0.249. The van der Waals surface area contributed by atoms with Crippen molar-refractivity contribution in [3.63, 3.8) is 0 Å². The van der Waals surface area contributed by atoms with Gasteiger partial charge in [-0.3, -0.25) is 0 Å². The van der Waals surface area contributed by atoms with Crippen LogP contribution in [0.3, 0.4) is 0 Å². The number of hydrogen-bond donors (Lipinski definition) is 2. The third-order valence-electron chi connectivity index (χ3n) is 1.44. The standard InChI is InChI=1S/C7H12N4O/c1-11-4-6(10-5-11)2-3-9-7(8)12/h4-5H,2-3H2,1H3,(H3,8,9,12). The van der Waals surface area contributed by atoms with Crippen molar-refractivity contribution in [2.75, 3.05) is 6.54 Å². The summed E-state index contributed by atoms with van der Waals surface area (Å²) in [5.41, 5.74) is 5.84. The number of carbonyl (C=O) groups is 1. The van der Waals surface area contributed by atoms with Gasteiger partial charge in [-0.25, -0.2) is 9.78 Å². The van der Waals surface area contributed by atoms with Crippen LogP contribution in [0.25, 0.3) is 0 Å². The first-order valence-corrected chi connectivity index (χ1v) is 3.68. The van der Waals surface area contributed by atoms with Crippen molar-refractivity contribution in [2.45, 2.75) is 6.42 Å². The molecule has 0 aliphatic rings. The molecule has 0 atom stereocenters. The number of rotatable bonds is 3. The number of nitrogens with zero attached hydrogens (tertiary/aromatic N) is 2. The van der Waals surface area contributed by atoms with Gasteiger partial charge in [-0.2, -0.15) is 0 Å². The molecule has 12 heavy (non-hydrogen) atoms.